The first-order valence-electron chi connectivity index (χ1n) is 8.91. The van der Waals surface area contributed by atoms with Crippen molar-refractivity contribution in [3.63, 3.8) is 0 Å². The number of para-hydroxylation sites is 1. The highest BCUT2D eigenvalue weighted by atomic mass is 79.9. The fourth-order valence-corrected chi connectivity index (χ4v) is 3.66. The van der Waals surface area contributed by atoms with E-state index in [0.717, 1.165) is 10.0 Å². The van der Waals surface area contributed by atoms with E-state index in [2.05, 4.69) is 21.2 Å². The highest BCUT2D eigenvalue weighted by Gasteiger charge is 2.14. The summed E-state index contributed by atoms with van der Waals surface area (Å²) in [4.78, 5) is 12.5. The summed E-state index contributed by atoms with van der Waals surface area (Å²) >= 11 is 22.1. The van der Waals surface area contributed by atoms with Gasteiger partial charge in [-0.15, -0.1) is 0 Å². The maximum absolute atomic E-state index is 12.5. The van der Waals surface area contributed by atoms with Crippen molar-refractivity contribution in [1.29, 1.82) is 5.26 Å². The van der Waals surface area contributed by atoms with Crippen molar-refractivity contribution in [1.82, 2.24) is 0 Å². The molecular weight excluding hydrogens is 523 g/mol. The Morgan fingerprint density at radius 2 is 1.68 bits per heavy atom. The summed E-state index contributed by atoms with van der Waals surface area (Å²) < 4.78 is 6.73. The maximum atomic E-state index is 12.5. The van der Waals surface area contributed by atoms with Crippen LogP contribution in [0.4, 0.5) is 5.69 Å². The first-order valence-corrected chi connectivity index (χ1v) is 10.8. The van der Waals surface area contributed by atoms with Gasteiger partial charge in [-0.2, -0.15) is 5.26 Å². The highest BCUT2D eigenvalue weighted by Crippen LogP contribution is 2.35. The summed E-state index contributed by atoms with van der Waals surface area (Å²) in [6, 6.07) is 19.4. The molecular formula is C23H14BrCl3N2O2. The fraction of sp³-hybridized carbons (Fsp3) is 0.0435. The molecule has 3 aromatic carbocycles. The van der Waals surface area contributed by atoms with Gasteiger partial charge in [0.05, 0.1) is 20.8 Å². The minimum absolute atomic E-state index is 0.129. The molecule has 0 aliphatic carbocycles. The number of hydrogen-bond acceptors (Lipinski definition) is 3. The maximum Gasteiger partial charge on any atom is 0.266 e. The third-order valence-electron chi connectivity index (χ3n) is 4.12. The largest absolute Gasteiger partial charge is 0.486 e. The molecule has 0 aromatic heterocycles. The first-order chi connectivity index (χ1) is 14.9. The number of hydrogen-bond donors (Lipinski definition) is 1. The summed E-state index contributed by atoms with van der Waals surface area (Å²) in [6.45, 7) is 0.283. The smallest absolute Gasteiger partial charge is 0.266 e. The molecule has 3 rings (SSSR count). The zero-order chi connectivity index (χ0) is 22.4. The molecule has 0 bridgehead atoms. The van der Waals surface area contributed by atoms with Crippen LogP contribution in [0.25, 0.3) is 6.08 Å². The third kappa shape index (κ3) is 6.25. The van der Waals surface area contributed by atoms with Crippen LogP contribution in [0.3, 0.4) is 0 Å². The number of carbonyl (C=O) groups is 1. The van der Waals surface area contributed by atoms with E-state index in [-0.39, 0.29) is 22.2 Å². The Morgan fingerprint density at radius 3 is 2.29 bits per heavy atom. The number of anilines is 1. The molecule has 0 atom stereocenters. The van der Waals surface area contributed by atoms with Crippen LogP contribution in [0.15, 0.2) is 70.7 Å². The van der Waals surface area contributed by atoms with Gasteiger partial charge >= 0.3 is 0 Å². The molecule has 0 fully saturated rings. The van der Waals surface area contributed by atoms with Gasteiger partial charge in [0.2, 0.25) is 0 Å². The van der Waals surface area contributed by atoms with E-state index in [1.165, 1.54) is 6.08 Å². The number of rotatable bonds is 6. The average Bonchev–Trinajstić information content (AvgIpc) is 2.74. The predicted molar refractivity (Wildman–Crippen MR) is 129 cm³/mol. The molecule has 0 saturated heterocycles. The molecule has 1 amide bonds. The van der Waals surface area contributed by atoms with Crippen molar-refractivity contribution in [2.45, 2.75) is 6.61 Å². The lowest BCUT2D eigenvalue weighted by Gasteiger charge is -2.11. The van der Waals surface area contributed by atoms with Crippen LogP contribution in [0.5, 0.6) is 5.75 Å². The van der Waals surface area contributed by atoms with Gasteiger partial charge in [-0.3, -0.25) is 4.79 Å². The summed E-state index contributed by atoms with van der Waals surface area (Å²) in [5, 5.41) is 12.9. The molecule has 156 valence electrons. The molecule has 3 aromatic rings. The number of amides is 1. The Labute approximate surface area is 203 Å². The van der Waals surface area contributed by atoms with Gasteiger partial charge in [0, 0.05) is 4.47 Å². The zero-order valence-corrected chi connectivity index (χ0v) is 19.7. The monoisotopic (exact) mass is 534 g/mol. The molecule has 0 unspecified atom stereocenters. The zero-order valence-electron chi connectivity index (χ0n) is 15.8. The number of ether oxygens (including phenoxy) is 1. The molecule has 0 aliphatic rings. The van der Waals surface area contributed by atoms with E-state index in [1.807, 2.05) is 30.3 Å². The van der Waals surface area contributed by atoms with Gasteiger partial charge in [0.15, 0.2) is 5.75 Å². The van der Waals surface area contributed by atoms with Crippen molar-refractivity contribution >= 4 is 68.4 Å². The molecule has 0 radical (unpaired) electrons. The summed E-state index contributed by atoms with van der Waals surface area (Å²) in [5.41, 5.74) is 1.71. The first kappa shape index (κ1) is 23.2. The number of benzene rings is 3. The van der Waals surface area contributed by atoms with Gasteiger partial charge < -0.3 is 10.1 Å². The number of carbonyl (C=O) groups excluding carboxylic acids is 1. The van der Waals surface area contributed by atoms with E-state index < -0.39 is 5.91 Å². The van der Waals surface area contributed by atoms with Crippen molar-refractivity contribution in [2.24, 2.45) is 0 Å². The van der Waals surface area contributed by atoms with Crippen LogP contribution in [0.1, 0.15) is 11.1 Å². The molecule has 31 heavy (non-hydrogen) atoms. The quantitative estimate of drug-likeness (QED) is 0.262. The number of halogens is 4. The van der Waals surface area contributed by atoms with Gasteiger partial charge in [0.25, 0.3) is 5.91 Å². The molecule has 1 N–H and O–H groups in total. The van der Waals surface area contributed by atoms with Crippen LogP contribution in [0, 0.1) is 11.3 Å². The second-order valence-electron chi connectivity index (χ2n) is 6.33. The molecule has 0 aliphatic heterocycles. The second kappa shape index (κ2) is 10.7. The molecule has 4 nitrogen and oxygen atoms in total. The summed E-state index contributed by atoms with van der Waals surface area (Å²) in [5.74, 6) is -0.277. The fourth-order valence-electron chi connectivity index (χ4n) is 2.60. The Morgan fingerprint density at radius 1 is 1.03 bits per heavy atom. The number of nitriles is 1. The van der Waals surface area contributed by atoms with Crippen LogP contribution in [-0.4, -0.2) is 5.91 Å². The van der Waals surface area contributed by atoms with E-state index in [9.17, 15) is 10.1 Å². The van der Waals surface area contributed by atoms with Crippen molar-refractivity contribution in [3.8, 4) is 11.8 Å². The lowest BCUT2D eigenvalue weighted by molar-refractivity contribution is -0.112. The van der Waals surface area contributed by atoms with E-state index in [1.54, 1.807) is 36.4 Å². The van der Waals surface area contributed by atoms with Gasteiger partial charge in [-0.25, -0.2) is 0 Å². The Bertz CT molecular complexity index is 1170. The van der Waals surface area contributed by atoms with Gasteiger partial charge in [-0.05, 0) is 53.6 Å². The Hall–Kier alpha value is -2.49. The number of nitrogens with zero attached hydrogens (tertiary/aromatic N) is 1. The molecule has 0 spiro atoms. The van der Waals surface area contributed by atoms with Crippen LogP contribution < -0.4 is 10.1 Å². The van der Waals surface area contributed by atoms with Gasteiger partial charge in [0.1, 0.15) is 18.2 Å². The minimum Gasteiger partial charge on any atom is -0.486 e. The molecule has 8 heteroatoms. The molecule has 0 saturated carbocycles. The number of nitrogens with one attached hydrogen (secondary N) is 1. The SMILES string of the molecule is N#C/C(=C\c1cc(Cl)c(OCc2ccc(Br)cc2)c(Cl)c1)C(=O)Nc1ccccc1Cl. The van der Waals surface area contributed by atoms with E-state index in [0.29, 0.717) is 22.0 Å². The van der Waals surface area contributed by atoms with Crippen LogP contribution in [-0.2, 0) is 11.4 Å². The lowest BCUT2D eigenvalue weighted by atomic mass is 10.1. The van der Waals surface area contributed by atoms with Gasteiger partial charge in [-0.1, -0.05) is 75.0 Å². The second-order valence-corrected chi connectivity index (χ2v) is 8.47. The van der Waals surface area contributed by atoms with Crippen LogP contribution in [0.2, 0.25) is 15.1 Å². The van der Waals surface area contributed by atoms with Crippen molar-refractivity contribution < 1.29 is 9.53 Å². The summed E-state index contributed by atoms with van der Waals surface area (Å²) in [6.07, 6.45) is 1.39. The highest BCUT2D eigenvalue weighted by molar-refractivity contribution is 9.10. The standard InChI is InChI=1S/C23H14BrCl3N2O2/c24-17-7-5-14(6-8-17)13-31-22-19(26)10-15(11-20(22)27)9-16(12-28)23(30)29-21-4-2-1-3-18(21)25/h1-11H,13H2,(H,29,30)/b16-9+. The van der Waals surface area contributed by atoms with E-state index >= 15 is 0 Å². The normalized spacial score (nSPS) is 11.0. The molecule has 0 heterocycles. The van der Waals surface area contributed by atoms with E-state index in [4.69, 9.17) is 39.5 Å². The Kier molecular flexibility index (Phi) is 8.00. The minimum atomic E-state index is -0.599. The Balaban J connectivity index is 1.78. The predicted octanol–water partition coefficient (Wildman–Crippen LogP) is 7.53. The lowest BCUT2D eigenvalue weighted by Crippen LogP contribution is -2.13. The topological polar surface area (TPSA) is 62.1 Å². The third-order valence-corrected chi connectivity index (χ3v) is 5.53. The summed E-state index contributed by atoms with van der Waals surface area (Å²) in [7, 11) is 0. The van der Waals surface area contributed by atoms with Crippen LogP contribution >= 0.6 is 50.7 Å². The van der Waals surface area contributed by atoms with Crippen molar-refractivity contribution in [2.75, 3.05) is 5.32 Å². The van der Waals surface area contributed by atoms with Crippen molar-refractivity contribution in [3.05, 3.63) is 96.9 Å². The average molecular weight is 537 g/mol.